The molecule has 0 aliphatic rings. The second-order valence-electron chi connectivity index (χ2n) is 6.33. The van der Waals surface area contributed by atoms with E-state index in [4.69, 9.17) is 14.7 Å². The molecule has 1 unspecified atom stereocenters. The van der Waals surface area contributed by atoms with Crippen molar-refractivity contribution < 1.29 is 14.3 Å². The zero-order chi connectivity index (χ0) is 21.5. The summed E-state index contributed by atoms with van der Waals surface area (Å²) in [7, 11) is 3.43. The number of hydrogen-bond donors (Lipinski definition) is 1. The minimum Gasteiger partial charge on any atom is -0.497 e. The standard InChI is InChI=1S/C21H21N5O3S/c1-14(29-17-9-6-8-16(11-17)28-3)20-24-25-21(26(20)2)30-13-19(27)23-18-10-5-4-7-15(18)12-22/h4-11,14H,13H2,1-3H3,(H,23,27). The lowest BCUT2D eigenvalue weighted by atomic mass is 10.2. The number of hydrogen-bond acceptors (Lipinski definition) is 7. The maximum atomic E-state index is 12.3. The van der Waals surface area contributed by atoms with Crippen molar-refractivity contribution in [1.29, 1.82) is 5.26 Å². The van der Waals surface area contributed by atoms with Gasteiger partial charge in [-0.3, -0.25) is 4.79 Å². The number of carbonyl (C=O) groups excluding carboxylic acids is 1. The summed E-state index contributed by atoms with van der Waals surface area (Å²) >= 11 is 1.26. The normalized spacial score (nSPS) is 11.4. The van der Waals surface area contributed by atoms with Crippen LogP contribution in [-0.2, 0) is 11.8 Å². The molecule has 0 aliphatic carbocycles. The average Bonchev–Trinajstić information content (AvgIpc) is 3.13. The van der Waals surface area contributed by atoms with Crippen LogP contribution in [-0.4, -0.2) is 33.5 Å². The number of benzene rings is 2. The van der Waals surface area contributed by atoms with Crippen LogP contribution in [0, 0.1) is 11.3 Å². The molecule has 154 valence electrons. The van der Waals surface area contributed by atoms with Crippen molar-refractivity contribution in [2.24, 2.45) is 7.05 Å². The van der Waals surface area contributed by atoms with Gasteiger partial charge in [-0.2, -0.15) is 5.26 Å². The Balaban J connectivity index is 1.60. The van der Waals surface area contributed by atoms with Gasteiger partial charge in [-0.1, -0.05) is 30.0 Å². The Labute approximate surface area is 178 Å². The first-order valence-electron chi connectivity index (χ1n) is 9.13. The summed E-state index contributed by atoms with van der Waals surface area (Å²) in [6.45, 7) is 1.88. The number of methoxy groups -OCH3 is 1. The van der Waals surface area contributed by atoms with E-state index in [0.717, 1.165) is 0 Å². The van der Waals surface area contributed by atoms with Gasteiger partial charge in [-0.25, -0.2) is 0 Å². The fourth-order valence-corrected chi connectivity index (χ4v) is 3.46. The van der Waals surface area contributed by atoms with E-state index in [1.54, 1.807) is 42.0 Å². The highest BCUT2D eigenvalue weighted by Crippen LogP contribution is 2.26. The molecule has 0 fully saturated rings. The van der Waals surface area contributed by atoms with E-state index in [-0.39, 0.29) is 17.8 Å². The van der Waals surface area contributed by atoms with E-state index in [1.165, 1.54) is 11.8 Å². The van der Waals surface area contributed by atoms with Gasteiger partial charge in [0.25, 0.3) is 0 Å². The number of rotatable bonds is 8. The molecule has 30 heavy (non-hydrogen) atoms. The van der Waals surface area contributed by atoms with Crippen LogP contribution in [0.4, 0.5) is 5.69 Å². The zero-order valence-corrected chi connectivity index (χ0v) is 17.6. The molecule has 9 heteroatoms. The Hall–Kier alpha value is -3.51. The number of nitrogens with zero attached hydrogens (tertiary/aromatic N) is 4. The Kier molecular flexibility index (Phi) is 6.93. The molecule has 1 heterocycles. The van der Waals surface area contributed by atoms with Crippen LogP contribution in [0.25, 0.3) is 0 Å². The van der Waals surface area contributed by atoms with Crippen LogP contribution >= 0.6 is 11.8 Å². The summed E-state index contributed by atoms with van der Waals surface area (Å²) in [6.07, 6.45) is -0.347. The summed E-state index contributed by atoms with van der Waals surface area (Å²) in [5.74, 6) is 1.91. The summed E-state index contributed by atoms with van der Waals surface area (Å²) in [4.78, 5) is 12.3. The Morgan fingerprint density at radius 3 is 2.77 bits per heavy atom. The van der Waals surface area contributed by atoms with Gasteiger partial charge in [0.1, 0.15) is 17.6 Å². The highest BCUT2D eigenvalue weighted by Gasteiger charge is 2.18. The van der Waals surface area contributed by atoms with Crippen molar-refractivity contribution in [2.45, 2.75) is 18.2 Å². The predicted octanol–water partition coefficient (Wildman–Crippen LogP) is 3.57. The maximum Gasteiger partial charge on any atom is 0.234 e. The Morgan fingerprint density at radius 2 is 2.00 bits per heavy atom. The van der Waals surface area contributed by atoms with E-state index in [9.17, 15) is 4.79 Å². The minimum absolute atomic E-state index is 0.136. The average molecular weight is 423 g/mol. The van der Waals surface area contributed by atoms with Crippen molar-refractivity contribution in [3.05, 3.63) is 59.9 Å². The number of para-hydroxylation sites is 1. The predicted molar refractivity (Wildman–Crippen MR) is 114 cm³/mol. The summed E-state index contributed by atoms with van der Waals surface area (Å²) in [5.41, 5.74) is 0.907. The van der Waals surface area contributed by atoms with Gasteiger partial charge in [0.05, 0.1) is 24.1 Å². The Morgan fingerprint density at radius 1 is 1.23 bits per heavy atom. The van der Waals surface area contributed by atoms with E-state index in [1.807, 2.05) is 32.2 Å². The van der Waals surface area contributed by atoms with Crippen molar-refractivity contribution in [1.82, 2.24) is 14.8 Å². The molecule has 3 aromatic rings. The molecule has 0 aliphatic heterocycles. The molecule has 8 nitrogen and oxygen atoms in total. The molecule has 2 aromatic carbocycles. The molecular formula is C21H21N5O3S. The molecule has 0 bridgehead atoms. The molecule has 1 atom stereocenters. The number of amides is 1. The van der Waals surface area contributed by atoms with Crippen LogP contribution in [0.5, 0.6) is 11.5 Å². The molecule has 0 saturated carbocycles. The lowest BCUT2D eigenvalue weighted by Crippen LogP contribution is -2.15. The first-order chi connectivity index (χ1) is 14.5. The topological polar surface area (TPSA) is 102 Å². The highest BCUT2D eigenvalue weighted by molar-refractivity contribution is 7.99. The number of nitriles is 1. The van der Waals surface area contributed by atoms with Gasteiger partial charge < -0.3 is 19.4 Å². The lowest BCUT2D eigenvalue weighted by molar-refractivity contribution is -0.113. The number of carbonyl (C=O) groups is 1. The second-order valence-corrected chi connectivity index (χ2v) is 7.28. The van der Waals surface area contributed by atoms with Crippen molar-refractivity contribution >= 4 is 23.4 Å². The molecule has 0 radical (unpaired) electrons. The van der Waals surface area contributed by atoms with Crippen LogP contribution in [0.1, 0.15) is 24.4 Å². The van der Waals surface area contributed by atoms with Crippen LogP contribution in [0.2, 0.25) is 0 Å². The van der Waals surface area contributed by atoms with Gasteiger partial charge in [-0.05, 0) is 31.2 Å². The third-order valence-corrected chi connectivity index (χ3v) is 5.26. The van der Waals surface area contributed by atoms with Gasteiger partial charge in [0.2, 0.25) is 5.91 Å². The lowest BCUT2D eigenvalue weighted by Gasteiger charge is -2.14. The minimum atomic E-state index is -0.347. The highest BCUT2D eigenvalue weighted by atomic mass is 32.2. The van der Waals surface area contributed by atoms with Gasteiger partial charge in [0.15, 0.2) is 17.1 Å². The van der Waals surface area contributed by atoms with Crippen molar-refractivity contribution in [3.63, 3.8) is 0 Å². The Bertz CT molecular complexity index is 1080. The third-order valence-electron chi connectivity index (χ3n) is 4.24. The molecule has 3 rings (SSSR count). The van der Waals surface area contributed by atoms with Crippen LogP contribution in [0.15, 0.2) is 53.7 Å². The fourth-order valence-electron chi connectivity index (χ4n) is 2.74. The SMILES string of the molecule is COc1cccc(OC(C)c2nnc(SCC(=O)Nc3ccccc3C#N)n2C)c1. The molecule has 1 aromatic heterocycles. The fraction of sp³-hybridized carbons (Fsp3) is 0.238. The van der Waals surface area contributed by atoms with Gasteiger partial charge >= 0.3 is 0 Å². The monoisotopic (exact) mass is 423 g/mol. The van der Waals surface area contributed by atoms with Crippen molar-refractivity contribution in [2.75, 3.05) is 18.2 Å². The summed E-state index contributed by atoms with van der Waals surface area (Å²) in [6, 6.07) is 16.3. The number of ether oxygens (including phenoxy) is 2. The summed E-state index contributed by atoms with van der Waals surface area (Å²) in [5, 5.41) is 20.8. The zero-order valence-electron chi connectivity index (χ0n) is 16.8. The van der Waals surface area contributed by atoms with E-state index < -0.39 is 0 Å². The molecule has 1 N–H and O–H groups in total. The number of nitrogens with one attached hydrogen (secondary N) is 1. The first kappa shape index (κ1) is 21.2. The number of aromatic nitrogens is 3. The largest absolute Gasteiger partial charge is 0.497 e. The van der Waals surface area contributed by atoms with Crippen LogP contribution in [0.3, 0.4) is 0 Å². The van der Waals surface area contributed by atoms with E-state index >= 15 is 0 Å². The summed E-state index contributed by atoms with van der Waals surface area (Å²) < 4.78 is 13.0. The first-order valence-corrected chi connectivity index (χ1v) is 10.1. The van der Waals surface area contributed by atoms with Crippen LogP contribution < -0.4 is 14.8 Å². The molecule has 0 spiro atoms. The molecule has 0 saturated heterocycles. The molecular weight excluding hydrogens is 402 g/mol. The second kappa shape index (κ2) is 9.80. The van der Waals surface area contributed by atoms with E-state index in [2.05, 4.69) is 21.6 Å². The third kappa shape index (κ3) is 5.10. The quantitative estimate of drug-likeness (QED) is 0.553. The van der Waals surface area contributed by atoms with Crippen molar-refractivity contribution in [3.8, 4) is 17.6 Å². The van der Waals surface area contributed by atoms with Gasteiger partial charge in [0, 0.05) is 13.1 Å². The number of anilines is 1. The molecule has 1 amide bonds. The number of thioether (sulfide) groups is 1. The van der Waals surface area contributed by atoms with E-state index in [0.29, 0.717) is 33.7 Å². The maximum absolute atomic E-state index is 12.3. The van der Waals surface area contributed by atoms with Gasteiger partial charge in [-0.15, -0.1) is 10.2 Å². The smallest absolute Gasteiger partial charge is 0.234 e.